The van der Waals surface area contributed by atoms with E-state index in [4.69, 9.17) is 0 Å². The standard InChI is InChI=1S/C33H40Si/c1-25(2)34(26(3)4,27(5)6)32-23-22-31(24-32)33(28-16-10-7-11-17-28,29-18-12-8-13-19-29)30-20-14-9-15-21-30/h7-22,24-27H,23H2,1-6H3. The lowest BCUT2D eigenvalue weighted by Gasteiger charge is -2.45. The van der Waals surface area contributed by atoms with E-state index in [0.29, 0.717) is 16.6 Å². The van der Waals surface area contributed by atoms with E-state index < -0.39 is 8.07 Å². The fourth-order valence-electron chi connectivity index (χ4n) is 7.27. The predicted octanol–water partition coefficient (Wildman–Crippen LogP) is 9.50. The first kappa shape index (κ1) is 24.5. The summed E-state index contributed by atoms with van der Waals surface area (Å²) < 4.78 is 0. The molecule has 0 aliphatic heterocycles. The molecule has 0 amide bonds. The molecule has 0 saturated carbocycles. The summed E-state index contributed by atoms with van der Waals surface area (Å²) in [5.41, 5.74) is 7.26. The summed E-state index contributed by atoms with van der Waals surface area (Å²) >= 11 is 0. The Labute approximate surface area is 208 Å². The van der Waals surface area contributed by atoms with Crippen LogP contribution in [-0.4, -0.2) is 8.07 Å². The van der Waals surface area contributed by atoms with Crippen LogP contribution in [0.4, 0.5) is 0 Å². The van der Waals surface area contributed by atoms with E-state index in [1.807, 2.05) is 0 Å². The second kappa shape index (κ2) is 9.92. The molecule has 0 saturated heterocycles. The molecule has 1 aliphatic rings. The Morgan fingerprint density at radius 3 is 1.24 bits per heavy atom. The van der Waals surface area contributed by atoms with Crippen LogP contribution in [0.5, 0.6) is 0 Å². The molecule has 0 nitrogen and oxygen atoms in total. The van der Waals surface area contributed by atoms with Crippen LogP contribution in [0.25, 0.3) is 0 Å². The summed E-state index contributed by atoms with van der Waals surface area (Å²) in [6.07, 6.45) is 6.28. The highest BCUT2D eigenvalue weighted by Crippen LogP contribution is 2.53. The van der Waals surface area contributed by atoms with Crippen LogP contribution < -0.4 is 0 Å². The topological polar surface area (TPSA) is 0 Å². The van der Waals surface area contributed by atoms with Crippen LogP contribution in [0.2, 0.25) is 16.6 Å². The summed E-state index contributed by atoms with van der Waals surface area (Å²) in [6.45, 7) is 14.9. The zero-order chi connectivity index (χ0) is 24.3. The van der Waals surface area contributed by atoms with Crippen LogP contribution >= 0.6 is 0 Å². The summed E-state index contributed by atoms with van der Waals surface area (Å²) in [6, 6.07) is 33.4. The van der Waals surface area contributed by atoms with Gasteiger partial charge in [-0.25, -0.2) is 0 Å². The zero-order valence-corrected chi connectivity index (χ0v) is 22.8. The van der Waals surface area contributed by atoms with E-state index in [0.717, 1.165) is 6.42 Å². The number of rotatable bonds is 8. The Morgan fingerprint density at radius 1 is 0.559 bits per heavy atom. The number of hydrogen-bond donors (Lipinski definition) is 0. The number of hydrogen-bond acceptors (Lipinski definition) is 0. The second-order valence-corrected chi connectivity index (χ2v) is 16.8. The third kappa shape index (κ3) is 3.84. The van der Waals surface area contributed by atoms with Gasteiger partial charge in [0.2, 0.25) is 0 Å². The summed E-state index contributed by atoms with van der Waals surface area (Å²) in [5.74, 6) is 0. The summed E-state index contributed by atoms with van der Waals surface area (Å²) in [7, 11) is -1.71. The molecule has 0 unspecified atom stereocenters. The van der Waals surface area contributed by atoms with Gasteiger partial charge in [0.25, 0.3) is 0 Å². The first-order valence-electron chi connectivity index (χ1n) is 12.9. The van der Waals surface area contributed by atoms with E-state index in [1.165, 1.54) is 22.3 Å². The van der Waals surface area contributed by atoms with Gasteiger partial charge in [0.15, 0.2) is 0 Å². The SMILES string of the molecule is CC(C)[Si](C1=CC(C(c2ccccc2)(c2ccccc2)c2ccccc2)=CC1)(C(C)C)C(C)C. The number of benzene rings is 3. The molecule has 0 heterocycles. The van der Waals surface area contributed by atoms with Gasteiger partial charge in [-0.2, -0.15) is 0 Å². The lowest BCUT2D eigenvalue weighted by molar-refractivity contribution is 0.744. The minimum Gasteiger partial charge on any atom is -0.0761 e. The molecule has 1 heteroatoms. The maximum Gasteiger partial charge on any atom is 0.0895 e. The normalized spacial score (nSPS) is 14.6. The Hall–Kier alpha value is -2.64. The quantitative estimate of drug-likeness (QED) is 0.230. The molecule has 3 aromatic rings. The first-order chi connectivity index (χ1) is 16.4. The third-order valence-electron chi connectivity index (χ3n) is 8.35. The van der Waals surface area contributed by atoms with E-state index in [-0.39, 0.29) is 5.41 Å². The maximum atomic E-state index is 2.64. The predicted molar refractivity (Wildman–Crippen MR) is 151 cm³/mol. The van der Waals surface area contributed by atoms with Crippen molar-refractivity contribution in [3.8, 4) is 0 Å². The maximum absolute atomic E-state index is 2.64. The lowest BCUT2D eigenvalue weighted by Crippen LogP contribution is -2.46. The molecule has 0 aromatic heterocycles. The van der Waals surface area contributed by atoms with E-state index in [2.05, 4.69) is 145 Å². The fraction of sp³-hybridized carbons (Fsp3) is 0.333. The van der Waals surface area contributed by atoms with Crippen molar-refractivity contribution >= 4 is 8.07 Å². The smallest absolute Gasteiger partial charge is 0.0761 e. The van der Waals surface area contributed by atoms with Crippen molar-refractivity contribution in [2.75, 3.05) is 0 Å². The molecule has 3 aromatic carbocycles. The van der Waals surface area contributed by atoms with Crippen LogP contribution in [0, 0.1) is 0 Å². The van der Waals surface area contributed by atoms with Crippen molar-refractivity contribution in [1.29, 1.82) is 0 Å². The molecule has 0 spiro atoms. The van der Waals surface area contributed by atoms with Crippen molar-refractivity contribution in [2.24, 2.45) is 0 Å². The molecule has 0 N–H and O–H groups in total. The fourth-order valence-corrected chi connectivity index (χ4v) is 14.4. The molecular formula is C33H40Si. The number of allylic oxidation sites excluding steroid dienone is 4. The van der Waals surface area contributed by atoms with Crippen LogP contribution in [0.15, 0.2) is 114 Å². The zero-order valence-electron chi connectivity index (χ0n) is 21.8. The van der Waals surface area contributed by atoms with Crippen LogP contribution in [0.1, 0.15) is 64.7 Å². The van der Waals surface area contributed by atoms with Gasteiger partial charge < -0.3 is 0 Å². The van der Waals surface area contributed by atoms with Crippen LogP contribution in [0.3, 0.4) is 0 Å². The van der Waals surface area contributed by atoms with Crippen molar-refractivity contribution in [3.05, 3.63) is 131 Å². The third-order valence-corrected chi connectivity index (χ3v) is 15.5. The van der Waals surface area contributed by atoms with Gasteiger partial charge in [-0.05, 0) is 45.3 Å². The Bertz CT molecular complexity index is 1020. The largest absolute Gasteiger partial charge is 0.0895 e. The van der Waals surface area contributed by atoms with Gasteiger partial charge in [-0.1, -0.05) is 150 Å². The van der Waals surface area contributed by atoms with Gasteiger partial charge >= 0.3 is 0 Å². The molecule has 0 bridgehead atoms. The molecule has 0 atom stereocenters. The van der Waals surface area contributed by atoms with Crippen molar-refractivity contribution in [3.63, 3.8) is 0 Å². The van der Waals surface area contributed by atoms with Gasteiger partial charge in [0.1, 0.15) is 0 Å². The molecule has 4 rings (SSSR count). The average Bonchev–Trinajstić information content (AvgIpc) is 3.32. The molecule has 176 valence electrons. The summed E-state index contributed by atoms with van der Waals surface area (Å²) in [4.78, 5) is 0. The van der Waals surface area contributed by atoms with Crippen molar-refractivity contribution in [2.45, 2.75) is 70.0 Å². The Morgan fingerprint density at radius 2 is 0.912 bits per heavy atom. The highest BCUT2D eigenvalue weighted by Gasteiger charge is 2.48. The van der Waals surface area contributed by atoms with E-state index in [9.17, 15) is 0 Å². The molecule has 0 radical (unpaired) electrons. The summed E-state index contributed by atoms with van der Waals surface area (Å²) in [5, 5.41) is 1.73. The molecule has 1 aliphatic carbocycles. The minimum atomic E-state index is -1.71. The van der Waals surface area contributed by atoms with Crippen molar-refractivity contribution in [1.82, 2.24) is 0 Å². The highest BCUT2D eigenvalue weighted by molar-refractivity contribution is 6.90. The molecule has 0 fully saturated rings. The Kier molecular flexibility index (Phi) is 7.14. The van der Waals surface area contributed by atoms with Crippen LogP contribution in [-0.2, 0) is 5.41 Å². The minimum absolute atomic E-state index is 0.323. The molecular weight excluding hydrogens is 424 g/mol. The van der Waals surface area contributed by atoms with Crippen molar-refractivity contribution < 1.29 is 0 Å². The average molecular weight is 465 g/mol. The second-order valence-electron chi connectivity index (χ2n) is 10.8. The van der Waals surface area contributed by atoms with E-state index in [1.54, 1.807) is 5.20 Å². The molecule has 34 heavy (non-hydrogen) atoms. The van der Waals surface area contributed by atoms with Gasteiger partial charge in [-0.15, -0.1) is 0 Å². The monoisotopic (exact) mass is 464 g/mol. The highest BCUT2D eigenvalue weighted by atomic mass is 28.3. The van der Waals surface area contributed by atoms with Gasteiger partial charge in [0.05, 0.1) is 13.5 Å². The van der Waals surface area contributed by atoms with E-state index >= 15 is 0 Å². The Balaban J connectivity index is 2.02. The van der Waals surface area contributed by atoms with Gasteiger partial charge in [-0.3, -0.25) is 0 Å². The lowest BCUT2D eigenvalue weighted by atomic mass is 9.65. The van der Waals surface area contributed by atoms with Gasteiger partial charge in [0, 0.05) is 0 Å². The first-order valence-corrected chi connectivity index (χ1v) is 15.2.